The van der Waals surface area contributed by atoms with E-state index in [-0.39, 0.29) is 17.5 Å². The quantitative estimate of drug-likeness (QED) is 0.830. The van der Waals surface area contributed by atoms with Crippen molar-refractivity contribution in [2.24, 2.45) is 0 Å². The van der Waals surface area contributed by atoms with Gasteiger partial charge < -0.3 is 10.1 Å². The first kappa shape index (κ1) is 16.1. The number of Topliss-reactive ketones (excluding diaryl/α,β-unsaturated/α-hetero) is 2. The lowest BCUT2D eigenvalue weighted by atomic mass is 10.0. The highest BCUT2D eigenvalue weighted by molar-refractivity contribution is 5.97. The zero-order chi connectivity index (χ0) is 15.1. The lowest BCUT2D eigenvalue weighted by Gasteiger charge is -2.15. The standard InChI is InChI=1S/C16H21NO3/c1-4-13-6-8-14(9-7-13)16(20)17-15(12(3)19)10-5-11(2)18/h6-9,15H,4-5,10H2,1-3H3,(H,17,20)/t15-/m0/s1. The van der Waals surface area contributed by atoms with Gasteiger partial charge in [0, 0.05) is 12.0 Å². The van der Waals surface area contributed by atoms with E-state index in [4.69, 9.17) is 0 Å². The number of hydrogen-bond acceptors (Lipinski definition) is 3. The van der Waals surface area contributed by atoms with Crippen molar-refractivity contribution in [2.45, 2.75) is 46.1 Å². The highest BCUT2D eigenvalue weighted by Crippen LogP contribution is 2.07. The maximum atomic E-state index is 12.1. The van der Waals surface area contributed by atoms with E-state index in [0.29, 0.717) is 18.4 Å². The smallest absolute Gasteiger partial charge is 0.251 e. The lowest BCUT2D eigenvalue weighted by molar-refractivity contribution is -0.119. The number of benzene rings is 1. The average molecular weight is 275 g/mol. The summed E-state index contributed by atoms with van der Waals surface area (Å²) in [5.74, 6) is -0.404. The maximum Gasteiger partial charge on any atom is 0.251 e. The van der Waals surface area contributed by atoms with E-state index in [2.05, 4.69) is 5.32 Å². The van der Waals surface area contributed by atoms with Crippen molar-refractivity contribution in [1.29, 1.82) is 0 Å². The molecule has 4 heteroatoms. The molecule has 0 fully saturated rings. The first-order valence-electron chi connectivity index (χ1n) is 6.83. The van der Waals surface area contributed by atoms with Gasteiger partial charge in [0.25, 0.3) is 5.91 Å². The molecular weight excluding hydrogens is 254 g/mol. The number of aryl methyl sites for hydroxylation is 1. The second kappa shape index (κ2) is 7.58. The van der Waals surface area contributed by atoms with Crippen molar-refractivity contribution in [3.05, 3.63) is 35.4 Å². The first-order valence-corrected chi connectivity index (χ1v) is 6.83. The van der Waals surface area contributed by atoms with E-state index in [9.17, 15) is 14.4 Å². The number of amides is 1. The molecule has 0 unspecified atom stereocenters. The Labute approximate surface area is 119 Å². The van der Waals surface area contributed by atoms with Crippen LogP contribution in [-0.2, 0) is 16.0 Å². The Kier molecular flexibility index (Phi) is 6.10. The fraction of sp³-hybridized carbons (Fsp3) is 0.438. The van der Waals surface area contributed by atoms with Crippen LogP contribution in [0.4, 0.5) is 0 Å². The van der Waals surface area contributed by atoms with Crippen molar-refractivity contribution >= 4 is 17.5 Å². The second-order valence-electron chi connectivity index (χ2n) is 4.93. The van der Waals surface area contributed by atoms with E-state index in [0.717, 1.165) is 12.0 Å². The van der Waals surface area contributed by atoms with E-state index in [1.165, 1.54) is 13.8 Å². The average Bonchev–Trinajstić information content (AvgIpc) is 2.42. The largest absolute Gasteiger partial charge is 0.342 e. The Morgan fingerprint density at radius 1 is 1.10 bits per heavy atom. The Morgan fingerprint density at radius 3 is 2.15 bits per heavy atom. The van der Waals surface area contributed by atoms with Crippen LogP contribution in [0.1, 0.15) is 49.5 Å². The summed E-state index contributed by atoms with van der Waals surface area (Å²) < 4.78 is 0. The minimum atomic E-state index is -0.600. The molecule has 0 heterocycles. The van der Waals surface area contributed by atoms with Gasteiger partial charge in [0.05, 0.1) is 6.04 Å². The third kappa shape index (κ3) is 4.96. The molecule has 1 amide bonds. The second-order valence-corrected chi connectivity index (χ2v) is 4.93. The van der Waals surface area contributed by atoms with Crippen LogP contribution >= 0.6 is 0 Å². The van der Waals surface area contributed by atoms with Gasteiger partial charge in [-0.1, -0.05) is 19.1 Å². The molecule has 1 aromatic rings. The topological polar surface area (TPSA) is 63.2 Å². The Hall–Kier alpha value is -1.97. The van der Waals surface area contributed by atoms with Crippen LogP contribution in [0, 0.1) is 0 Å². The summed E-state index contributed by atoms with van der Waals surface area (Å²) in [4.78, 5) is 34.5. The summed E-state index contributed by atoms with van der Waals surface area (Å²) in [6.45, 7) is 4.94. The molecule has 0 aliphatic carbocycles. The number of nitrogens with one attached hydrogen (secondary N) is 1. The molecule has 0 saturated carbocycles. The van der Waals surface area contributed by atoms with Crippen molar-refractivity contribution in [3.8, 4) is 0 Å². The van der Waals surface area contributed by atoms with Gasteiger partial charge in [0.15, 0.2) is 5.78 Å². The van der Waals surface area contributed by atoms with Crippen molar-refractivity contribution in [1.82, 2.24) is 5.32 Å². The van der Waals surface area contributed by atoms with Crippen LogP contribution in [0.2, 0.25) is 0 Å². The van der Waals surface area contributed by atoms with E-state index < -0.39 is 6.04 Å². The minimum absolute atomic E-state index is 0.0118. The summed E-state index contributed by atoms with van der Waals surface area (Å²) in [6, 6.07) is 6.69. The van der Waals surface area contributed by atoms with Gasteiger partial charge in [-0.05, 0) is 44.4 Å². The monoisotopic (exact) mass is 275 g/mol. The van der Waals surface area contributed by atoms with Gasteiger partial charge in [0.2, 0.25) is 0 Å². The predicted octanol–water partition coefficient (Wildman–Crippen LogP) is 2.31. The summed E-state index contributed by atoms with van der Waals surface area (Å²) in [5.41, 5.74) is 1.68. The van der Waals surface area contributed by atoms with Crippen molar-refractivity contribution in [3.63, 3.8) is 0 Å². The summed E-state index contributed by atoms with van der Waals surface area (Å²) in [5, 5.41) is 2.68. The van der Waals surface area contributed by atoms with Gasteiger partial charge in [-0.2, -0.15) is 0 Å². The number of carbonyl (C=O) groups is 3. The molecule has 1 atom stereocenters. The molecule has 1 rings (SSSR count). The molecule has 1 aromatic carbocycles. The first-order chi connectivity index (χ1) is 9.43. The predicted molar refractivity (Wildman–Crippen MR) is 77.7 cm³/mol. The molecule has 0 saturated heterocycles. The third-order valence-corrected chi connectivity index (χ3v) is 3.21. The normalized spacial score (nSPS) is 11.8. The molecule has 0 aromatic heterocycles. The lowest BCUT2D eigenvalue weighted by Crippen LogP contribution is -2.40. The molecular formula is C16H21NO3. The van der Waals surface area contributed by atoms with Gasteiger partial charge in [0.1, 0.15) is 5.78 Å². The van der Waals surface area contributed by atoms with Crippen LogP contribution in [0.3, 0.4) is 0 Å². The van der Waals surface area contributed by atoms with Gasteiger partial charge >= 0.3 is 0 Å². The number of ketones is 2. The number of carbonyl (C=O) groups excluding carboxylic acids is 3. The van der Waals surface area contributed by atoms with Crippen LogP contribution in [-0.4, -0.2) is 23.5 Å². The number of rotatable bonds is 7. The summed E-state index contributed by atoms with van der Waals surface area (Å²) in [6.07, 6.45) is 1.55. The molecule has 20 heavy (non-hydrogen) atoms. The molecule has 1 N–H and O–H groups in total. The van der Waals surface area contributed by atoms with Gasteiger partial charge in [-0.15, -0.1) is 0 Å². The van der Waals surface area contributed by atoms with Gasteiger partial charge in [-0.25, -0.2) is 0 Å². The zero-order valence-electron chi connectivity index (χ0n) is 12.2. The Bertz CT molecular complexity index is 491. The van der Waals surface area contributed by atoms with E-state index >= 15 is 0 Å². The molecule has 4 nitrogen and oxygen atoms in total. The molecule has 0 spiro atoms. The Morgan fingerprint density at radius 2 is 1.70 bits per heavy atom. The zero-order valence-corrected chi connectivity index (χ0v) is 12.2. The fourth-order valence-corrected chi connectivity index (χ4v) is 1.86. The summed E-state index contributed by atoms with van der Waals surface area (Å²) >= 11 is 0. The maximum absolute atomic E-state index is 12.1. The van der Waals surface area contributed by atoms with E-state index in [1.54, 1.807) is 12.1 Å². The molecule has 108 valence electrons. The minimum Gasteiger partial charge on any atom is -0.342 e. The fourth-order valence-electron chi connectivity index (χ4n) is 1.86. The third-order valence-electron chi connectivity index (χ3n) is 3.21. The molecule has 0 aliphatic heterocycles. The molecule has 0 bridgehead atoms. The number of hydrogen-bond donors (Lipinski definition) is 1. The molecule has 0 radical (unpaired) electrons. The SMILES string of the molecule is CCc1ccc(C(=O)N[C@@H](CCC(C)=O)C(C)=O)cc1. The summed E-state index contributed by atoms with van der Waals surface area (Å²) in [7, 11) is 0. The molecule has 0 aliphatic rings. The van der Waals surface area contributed by atoms with Gasteiger partial charge in [-0.3, -0.25) is 9.59 Å². The van der Waals surface area contributed by atoms with Crippen LogP contribution in [0.15, 0.2) is 24.3 Å². The van der Waals surface area contributed by atoms with E-state index in [1.807, 2.05) is 19.1 Å². The Balaban J connectivity index is 2.69. The van der Waals surface area contributed by atoms with Crippen LogP contribution in [0.5, 0.6) is 0 Å². The highest BCUT2D eigenvalue weighted by atomic mass is 16.2. The van der Waals surface area contributed by atoms with Crippen LogP contribution in [0.25, 0.3) is 0 Å². The van der Waals surface area contributed by atoms with Crippen molar-refractivity contribution in [2.75, 3.05) is 0 Å². The highest BCUT2D eigenvalue weighted by Gasteiger charge is 2.18. The van der Waals surface area contributed by atoms with Crippen LogP contribution < -0.4 is 5.32 Å². The van der Waals surface area contributed by atoms with Crippen molar-refractivity contribution < 1.29 is 14.4 Å².